The first-order chi connectivity index (χ1) is 12.5. The van der Waals surface area contributed by atoms with Crippen molar-refractivity contribution in [2.24, 2.45) is 0 Å². The highest BCUT2D eigenvalue weighted by Gasteiger charge is 2.26. The van der Waals surface area contributed by atoms with Crippen LogP contribution in [0.1, 0.15) is 28.7 Å². The predicted octanol–water partition coefficient (Wildman–Crippen LogP) is 3.10. The largest absolute Gasteiger partial charge is 0.493 e. The molecule has 1 aromatic heterocycles. The molecule has 2 aromatic rings. The summed E-state index contributed by atoms with van der Waals surface area (Å²) in [4.78, 5) is 24.9. The fourth-order valence-corrected chi connectivity index (χ4v) is 2.95. The molecule has 26 heavy (non-hydrogen) atoms. The Hall–Kier alpha value is -3.02. The van der Waals surface area contributed by atoms with Crippen molar-refractivity contribution in [2.45, 2.75) is 26.9 Å². The minimum atomic E-state index is -0.932. The van der Waals surface area contributed by atoms with Gasteiger partial charge in [-0.1, -0.05) is 18.2 Å². The second-order valence-corrected chi connectivity index (χ2v) is 6.07. The SMILES string of the molecule is Cc1cc(C(=O)[C@@H](C)OC(=O)C2=COCCO2)c(C)n1-c1ccccc1. The minimum Gasteiger partial charge on any atom is -0.493 e. The van der Waals surface area contributed by atoms with Crippen molar-refractivity contribution >= 4 is 11.8 Å². The van der Waals surface area contributed by atoms with E-state index in [0.717, 1.165) is 17.1 Å². The molecule has 136 valence electrons. The molecule has 0 N–H and O–H groups in total. The molecular weight excluding hydrogens is 334 g/mol. The van der Waals surface area contributed by atoms with Gasteiger partial charge in [-0.2, -0.15) is 0 Å². The summed E-state index contributed by atoms with van der Waals surface area (Å²) in [6.07, 6.45) is 0.281. The lowest BCUT2D eigenvalue weighted by Crippen LogP contribution is -2.27. The van der Waals surface area contributed by atoms with Gasteiger partial charge < -0.3 is 18.8 Å². The minimum absolute atomic E-state index is 0.0225. The molecule has 1 aliphatic heterocycles. The van der Waals surface area contributed by atoms with Crippen LogP contribution < -0.4 is 0 Å². The average molecular weight is 355 g/mol. The zero-order chi connectivity index (χ0) is 18.7. The molecule has 0 aliphatic carbocycles. The van der Waals surface area contributed by atoms with E-state index in [-0.39, 0.29) is 18.1 Å². The maximum Gasteiger partial charge on any atom is 0.377 e. The number of aromatic nitrogens is 1. The molecule has 0 fully saturated rings. The van der Waals surface area contributed by atoms with Gasteiger partial charge in [0.15, 0.2) is 6.10 Å². The van der Waals surface area contributed by atoms with Gasteiger partial charge in [0, 0.05) is 22.6 Å². The van der Waals surface area contributed by atoms with Crippen molar-refractivity contribution < 1.29 is 23.8 Å². The van der Waals surface area contributed by atoms with E-state index in [9.17, 15) is 9.59 Å². The van der Waals surface area contributed by atoms with Gasteiger partial charge in [-0.25, -0.2) is 4.79 Å². The van der Waals surface area contributed by atoms with E-state index >= 15 is 0 Å². The number of carbonyl (C=O) groups is 2. The Labute approximate surface area is 152 Å². The van der Waals surface area contributed by atoms with Gasteiger partial charge in [0.05, 0.1) is 0 Å². The molecule has 2 heterocycles. The van der Waals surface area contributed by atoms with Crippen molar-refractivity contribution in [1.82, 2.24) is 4.57 Å². The number of ether oxygens (including phenoxy) is 3. The standard InChI is InChI=1S/C20H21NO5/c1-13-11-17(14(2)21(13)16-7-5-4-6-8-16)19(22)15(3)26-20(23)18-12-24-9-10-25-18/h4-8,11-12,15H,9-10H2,1-3H3/t15-/m1/s1. The highest BCUT2D eigenvalue weighted by atomic mass is 16.6. The number of nitrogens with zero attached hydrogens (tertiary/aromatic N) is 1. The molecule has 0 radical (unpaired) electrons. The first-order valence-electron chi connectivity index (χ1n) is 8.43. The van der Waals surface area contributed by atoms with E-state index in [1.165, 1.54) is 6.26 Å². The van der Waals surface area contributed by atoms with Crippen LogP contribution in [0, 0.1) is 13.8 Å². The van der Waals surface area contributed by atoms with E-state index in [1.54, 1.807) is 6.92 Å². The summed E-state index contributed by atoms with van der Waals surface area (Å²) < 4.78 is 17.5. The van der Waals surface area contributed by atoms with Crippen LogP contribution in [0.5, 0.6) is 0 Å². The van der Waals surface area contributed by atoms with Crippen LogP contribution >= 0.6 is 0 Å². The molecule has 3 rings (SSSR count). The van der Waals surface area contributed by atoms with Gasteiger partial charge in [-0.3, -0.25) is 4.79 Å². The third kappa shape index (κ3) is 3.49. The highest BCUT2D eigenvalue weighted by molar-refractivity contribution is 6.02. The Balaban J connectivity index is 1.79. The van der Waals surface area contributed by atoms with Gasteiger partial charge in [0.25, 0.3) is 0 Å². The second-order valence-electron chi connectivity index (χ2n) is 6.07. The number of benzene rings is 1. The number of carbonyl (C=O) groups excluding carboxylic acids is 2. The number of hydrogen-bond acceptors (Lipinski definition) is 5. The fraction of sp³-hybridized carbons (Fsp3) is 0.300. The van der Waals surface area contributed by atoms with Crippen molar-refractivity contribution in [1.29, 1.82) is 0 Å². The lowest BCUT2D eigenvalue weighted by molar-refractivity contribution is -0.147. The van der Waals surface area contributed by atoms with Crippen LogP contribution in [0.2, 0.25) is 0 Å². The predicted molar refractivity (Wildman–Crippen MR) is 95.1 cm³/mol. The molecular formula is C20H21NO5. The Kier molecular flexibility index (Phi) is 5.11. The highest BCUT2D eigenvalue weighted by Crippen LogP contribution is 2.22. The molecule has 1 aliphatic rings. The smallest absolute Gasteiger partial charge is 0.377 e. The van der Waals surface area contributed by atoms with Crippen molar-refractivity contribution in [2.75, 3.05) is 13.2 Å². The molecule has 1 atom stereocenters. The maximum absolute atomic E-state index is 12.8. The summed E-state index contributed by atoms with van der Waals surface area (Å²) in [6.45, 7) is 6.03. The third-order valence-electron chi connectivity index (χ3n) is 4.21. The molecule has 0 unspecified atom stereocenters. The summed E-state index contributed by atoms with van der Waals surface area (Å²) in [5.41, 5.74) is 3.24. The number of aryl methyl sites for hydroxylation is 1. The summed E-state index contributed by atoms with van der Waals surface area (Å²) in [5.74, 6) is -0.987. The van der Waals surface area contributed by atoms with E-state index < -0.39 is 12.1 Å². The van der Waals surface area contributed by atoms with Crippen molar-refractivity contribution in [3.63, 3.8) is 0 Å². The quantitative estimate of drug-likeness (QED) is 0.609. The fourth-order valence-electron chi connectivity index (χ4n) is 2.95. The van der Waals surface area contributed by atoms with Crippen molar-refractivity contribution in [3.8, 4) is 5.69 Å². The Morgan fingerprint density at radius 3 is 2.54 bits per heavy atom. The maximum atomic E-state index is 12.8. The molecule has 0 saturated carbocycles. The van der Waals surface area contributed by atoms with Gasteiger partial charge in [0.2, 0.25) is 11.5 Å². The monoisotopic (exact) mass is 355 g/mol. The second kappa shape index (κ2) is 7.47. The van der Waals surface area contributed by atoms with E-state index in [1.807, 2.05) is 54.8 Å². The van der Waals surface area contributed by atoms with Crippen molar-refractivity contribution in [3.05, 3.63) is 65.4 Å². The van der Waals surface area contributed by atoms with E-state index in [2.05, 4.69) is 0 Å². The Morgan fingerprint density at radius 2 is 1.88 bits per heavy atom. The molecule has 0 saturated heterocycles. The van der Waals surface area contributed by atoms with Crippen LogP contribution in [0.15, 0.2) is 48.4 Å². The molecule has 0 bridgehead atoms. The first kappa shape index (κ1) is 17.8. The van der Waals surface area contributed by atoms with Gasteiger partial charge in [0.1, 0.15) is 19.5 Å². The number of hydrogen-bond donors (Lipinski definition) is 0. The number of Topliss-reactive ketones (excluding diaryl/α,β-unsaturated/α-hetero) is 1. The summed E-state index contributed by atoms with van der Waals surface area (Å²) in [5, 5.41) is 0. The first-order valence-corrected chi connectivity index (χ1v) is 8.43. The van der Waals surface area contributed by atoms with Gasteiger partial charge in [-0.15, -0.1) is 0 Å². The summed E-state index contributed by atoms with van der Waals surface area (Å²) in [7, 11) is 0. The van der Waals surface area contributed by atoms with Gasteiger partial charge in [-0.05, 0) is 39.0 Å². The lowest BCUT2D eigenvalue weighted by Gasteiger charge is -2.17. The topological polar surface area (TPSA) is 66.8 Å². The molecule has 0 amide bonds. The van der Waals surface area contributed by atoms with Crippen LogP contribution in [0.3, 0.4) is 0 Å². The number of ketones is 1. The Bertz CT molecular complexity index is 851. The van der Waals surface area contributed by atoms with E-state index in [0.29, 0.717) is 12.2 Å². The molecule has 6 nitrogen and oxygen atoms in total. The molecule has 6 heteroatoms. The zero-order valence-corrected chi connectivity index (χ0v) is 15.0. The summed E-state index contributed by atoms with van der Waals surface area (Å²) in [6, 6.07) is 11.6. The number of rotatable bonds is 5. The Morgan fingerprint density at radius 1 is 1.15 bits per heavy atom. The van der Waals surface area contributed by atoms with Crippen LogP contribution in [-0.4, -0.2) is 35.6 Å². The third-order valence-corrected chi connectivity index (χ3v) is 4.21. The zero-order valence-electron chi connectivity index (χ0n) is 15.0. The van der Waals surface area contributed by atoms with Gasteiger partial charge >= 0.3 is 5.97 Å². The lowest BCUT2D eigenvalue weighted by atomic mass is 10.1. The molecule has 1 aromatic carbocycles. The molecule has 0 spiro atoms. The summed E-state index contributed by atoms with van der Waals surface area (Å²) >= 11 is 0. The van der Waals surface area contributed by atoms with Crippen LogP contribution in [-0.2, 0) is 19.0 Å². The number of esters is 1. The number of para-hydroxylation sites is 1. The normalized spacial score (nSPS) is 14.7. The van der Waals surface area contributed by atoms with Crippen LogP contribution in [0.25, 0.3) is 5.69 Å². The average Bonchev–Trinajstić information content (AvgIpc) is 2.96. The van der Waals surface area contributed by atoms with E-state index in [4.69, 9.17) is 14.2 Å². The van der Waals surface area contributed by atoms with Crippen LogP contribution in [0.4, 0.5) is 0 Å².